The average Bonchev–Trinajstić information content (AvgIpc) is 2.46. The summed E-state index contributed by atoms with van der Waals surface area (Å²) in [5.41, 5.74) is 0. The Labute approximate surface area is 89.0 Å². The number of benzene rings is 1. The SMILES string of the molecule is O=S(=O)(O)c1ccc2snc(Cl)c2c1. The van der Waals surface area contributed by atoms with Crippen molar-refractivity contribution in [2.45, 2.75) is 4.90 Å². The molecular weight excluding hydrogens is 246 g/mol. The number of rotatable bonds is 1. The van der Waals surface area contributed by atoms with Gasteiger partial charge < -0.3 is 0 Å². The van der Waals surface area contributed by atoms with Crippen LogP contribution >= 0.6 is 23.1 Å². The molecule has 0 bridgehead atoms. The summed E-state index contributed by atoms with van der Waals surface area (Å²) in [5.74, 6) is 0. The minimum Gasteiger partial charge on any atom is -0.282 e. The molecule has 4 nitrogen and oxygen atoms in total. The van der Waals surface area contributed by atoms with Gasteiger partial charge in [0.2, 0.25) is 0 Å². The minimum absolute atomic E-state index is 0.174. The van der Waals surface area contributed by atoms with E-state index in [1.807, 2.05) is 0 Å². The van der Waals surface area contributed by atoms with Gasteiger partial charge in [-0.05, 0) is 29.7 Å². The van der Waals surface area contributed by atoms with Gasteiger partial charge in [0.15, 0.2) is 5.15 Å². The van der Waals surface area contributed by atoms with Crippen molar-refractivity contribution in [1.29, 1.82) is 0 Å². The molecule has 1 aromatic carbocycles. The fourth-order valence-electron chi connectivity index (χ4n) is 1.05. The van der Waals surface area contributed by atoms with Crippen LogP contribution < -0.4 is 0 Å². The highest BCUT2D eigenvalue weighted by Gasteiger charge is 2.12. The van der Waals surface area contributed by atoms with Crippen molar-refractivity contribution >= 4 is 43.3 Å². The van der Waals surface area contributed by atoms with Gasteiger partial charge in [0.05, 0.1) is 9.60 Å². The van der Waals surface area contributed by atoms with Crippen LogP contribution in [0, 0.1) is 0 Å². The molecule has 14 heavy (non-hydrogen) atoms. The summed E-state index contributed by atoms with van der Waals surface area (Å²) < 4.78 is 35.0. The lowest BCUT2D eigenvalue weighted by molar-refractivity contribution is 0.483. The Morgan fingerprint density at radius 1 is 1.43 bits per heavy atom. The molecule has 0 atom stereocenters. The molecule has 0 amide bonds. The number of hydrogen-bond donors (Lipinski definition) is 1. The van der Waals surface area contributed by atoms with Crippen LogP contribution in [0.4, 0.5) is 0 Å². The largest absolute Gasteiger partial charge is 0.294 e. The van der Waals surface area contributed by atoms with Crippen molar-refractivity contribution in [2.24, 2.45) is 0 Å². The molecule has 0 saturated heterocycles. The molecule has 0 fully saturated rings. The maximum absolute atomic E-state index is 10.8. The zero-order valence-corrected chi connectivity index (χ0v) is 9.03. The summed E-state index contributed by atoms with van der Waals surface area (Å²) in [5, 5.41) is 0.780. The highest BCUT2D eigenvalue weighted by atomic mass is 35.5. The van der Waals surface area contributed by atoms with Crippen molar-refractivity contribution in [2.75, 3.05) is 0 Å². The highest BCUT2D eigenvalue weighted by Crippen LogP contribution is 2.28. The molecule has 0 aliphatic heterocycles. The third-order valence-electron chi connectivity index (χ3n) is 1.70. The van der Waals surface area contributed by atoms with E-state index in [4.69, 9.17) is 16.2 Å². The smallest absolute Gasteiger partial charge is 0.282 e. The number of nitrogens with zero attached hydrogens (tertiary/aromatic N) is 1. The van der Waals surface area contributed by atoms with E-state index in [-0.39, 0.29) is 10.0 Å². The van der Waals surface area contributed by atoms with Crippen LogP contribution in [0.5, 0.6) is 0 Å². The zero-order chi connectivity index (χ0) is 10.3. The third kappa shape index (κ3) is 1.61. The summed E-state index contributed by atoms with van der Waals surface area (Å²) in [6.07, 6.45) is 0. The van der Waals surface area contributed by atoms with E-state index >= 15 is 0 Å². The van der Waals surface area contributed by atoms with Crippen LogP contribution in [-0.4, -0.2) is 17.3 Å². The Balaban J connectivity index is 2.79. The molecular formula is C7H4ClNO3S2. The molecule has 1 aromatic heterocycles. The molecule has 0 aliphatic rings. The lowest BCUT2D eigenvalue weighted by Gasteiger charge is -1.95. The van der Waals surface area contributed by atoms with Crippen LogP contribution in [-0.2, 0) is 10.1 Å². The molecule has 0 aliphatic carbocycles. The summed E-state index contributed by atoms with van der Waals surface area (Å²) in [7, 11) is -4.17. The van der Waals surface area contributed by atoms with Crippen LogP contribution in [0.3, 0.4) is 0 Å². The first-order valence-corrected chi connectivity index (χ1v) is 6.10. The Bertz CT molecular complexity index is 590. The molecule has 0 radical (unpaired) electrons. The molecule has 2 aromatic rings. The van der Waals surface area contributed by atoms with E-state index in [2.05, 4.69) is 4.37 Å². The second-order valence-electron chi connectivity index (χ2n) is 2.61. The van der Waals surface area contributed by atoms with E-state index in [9.17, 15) is 8.42 Å². The van der Waals surface area contributed by atoms with Gasteiger partial charge in [-0.25, -0.2) is 0 Å². The van der Waals surface area contributed by atoms with E-state index in [1.54, 1.807) is 6.07 Å². The monoisotopic (exact) mass is 249 g/mol. The lowest BCUT2D eigenvalue weighted by Crippen LogP contribution is -1.96. The molecule has 0 saturated carbocycles. The van der Waals surface area contributed by atoms with Crippen LogP contribution in [0.1, 0.15) is 0 Å². The molecule has 74 valence electrons. The Morgan fingerprint density at radius 3 is 2.79 bits per heavy atom. The second kappa shape index (κ2) is 3.16. The van der Waals surface area contributed by atoms with Crippen molar-refractivity contribution in [3.8, 4) is 0 Å². The maximum Gasteiger partial charge on any atom is 0.294 e. The summed E-state index contributed by atoms with van der Waals surface area (Å²) in [6.45, 7) is 0. The number of hydrogen-bond acceptors (Lipinski definition) is 4. The number of fused-ring (bicyclic) bond motifs is 1. The molecule has 7 heteroatoms. The van der Waals surface area contributed by atoms with Gasteiger partial charge in [-0.2, -0.15) is 12.8 Å². The fourth-order valence-corrected chi connectivity index (χ4v) is 2.53. The van der Waals surface area contributed by atoms with Gasteiger partial charge in [-0.15, -0.1) is 0 Å². The Kier molecular flexibility index (Phi) is 2.23. The predicted molar refractivity (Wildman–Crippen MR) is 54.4 cm³/mol. The van der Waals surface area contributed by atoms with Crippen molar-refractivity contribution < 1.29 is 13.0 Å². The first-order chi connectivity index (χ1) is 6.48. The third-order valence-corrected chi connectivity index (χ3v) is 3.76. The van der Waals surface area contributed by atoms with Crippen molar-refractivity contribution in [3.63, 3.8) is 0 Å². The van der Waals surface area contributed by atoms with Crippen molar-refractivity contribution in [1.82, 2.24) is 4.37 Å². The van der Waals surface area contributed by atoms with E-state index in [1.165, 1.54) is 23.7 Å². The average molecular weight is 250 g/mol. The van der Waals surface area contributed by atoms with Crippen molar-refractivity contribution in [3.05, 3.63) is 23.4 Å². The minimum atomic E-state index is -4.17. The van der Waals surface area contributed by atoms with Crippen LogP contribution in [0.25, 0.3) is 10.1 Å². The quantitative estimate of drug-likeness (QED) is 0.787. The number of aromatic nitrogens is 1. The molecule has 2 rings (SSSR count). The normalized spacial score (nSPS) is 12.1. The van der Waals surface area contributed by atoms with Gasteiger partial charge in [0.1, 0.15) is 0 Å². The topological polar surface area (TPSA) is 67.3 Å². The van der Waals surface area contributed by atoms with Gasteiger partial charge in [0.25, 0.3) is 10.1 Å². The fraction of sp³-hybridized carbons (Fsp3) is 0. The summed E-state index contributed by atoms with van der Waals surface area (Å²) in [6, 6.07) is 4.17. The van der Waals surface area contributed by atoms with E-state index in [0.717, 1.165) is 4.70 Å². The standard InChI is InChI=1S/C7H4ClNO3S2/c8-7-5-3-4(14(10,11)12)1-2-6(5)13-9-7/h1-3H,(H,10,11,12). The van der Waals surface area contributed by atoms with Gasteiger partial charge in [-0.3, -0.25) is 4.55 Å². The Hall–Kier alpha value is -0.690. The maximum atomic E-state index is 10.8. The lowest BCUT2D eigenvalue weighted by atomic mass is 10.3. The van der Waals surface area contributed by atoms with Crippen LogP contribution in [0.15, 0.2) is 23.1 Å². The highest BCUT2D eigenvalue weighted by molar-refractivity contribution is 7.85. The summed E-state index contributed by atoms with van der Waals surface area (Å²) >= 11 is 6.89. The van der Waals surface area contributed by atoms with E-state index < -0.39 is 10.1 Å². The number of halogens is 1. The first-order valence-electron chi connectivity index (χ1n) is 3.51. The van der Waals surface area contributed by atoms with Crippen LogP contribution in [0.2, 0.25) is 5.15 Å². The predicted octanol–water partition coefficient (Wildman–Crippen LogP) is 2.20. The molecule has 1 N–H and O–H groups in total. The molecule has 1 heterocycles. The zero-order valence-electron chi connectivity index (χ0n) is 6.64. The molecule has 0 unspecified atom stereocenters. The van der Waals surface area contributed by atoms with Gasteiger partial charge in [0, 0.05) is 5.39 Å². The second-order valence-corrected chi connectivity index (χ2v) is 5.19. The van der Waals surface area contributed by atoms with Gasteiger partial charge in [-0.1, -0.05) is 11.6 Å². The van der Waals surface area contributed by atoms with Gasteiger partial charge >= 0.3 is 0 Å². The Morgan fingerprint density at radius 2 is 2.14 bits per heavy atom. The first kappa shape index (κ1) is 9.85. The van der Waals surface area contributed by atoms with E-state index in [0.29, 0.717) is 5.39 Å². The molecule has 0 spiro atoms. The summed E-state index contributed by atoms with van der Waals surface area (Å²) in [4.78, 5) is -0.174.